The number of hydrogen-bond donors (Lipinski definition) is 0. The molecule has 1 saturated heterocycles. The number of imide groups is 4. The van der Waals surface area contributed by atoms with Crippen molar-refractivity contribution in [3.05, 3.63) is 89.2 Å². The number of nitrogens with zero attached hydrogens (tertiary/aromatic N) is 2. The van der Waals surface area contributed by atoms with Crippen LogP contribution in [0.15, 0.2) is 60.7 Å². The van der Waals surface area contributed by atoms with Gasteiger partial charge in [0, 0.05) is 5.56 Å². The van der Waals surface area contributed by atoms with E-state index in [9.17, 15) is 32.3 Å². The Hall–Kier alpha value is -4.27. The fourth-order valence-corrected chi connectivity index (χ4v) is 3.45. The molecule has 4 rings (SSSR count). The van der Waals surface area contributed by atoms with Gasteiger partial charge in [-0.3, -0.25) is 14.4 Å². The third-order valence-electron chi connectivity index (χ3n) is 4.98. The average Bonchev–Trinajstić information content (AvgIpc) is 2.97. The van der Waals surface area contributed by atoms with Gasteiger partial charge in [-0.25, -0.2) is 22.9 Å². The van der Waals surface area contributed by atoms with E-state index in [1.54, 1.807) is 19.1 Å². The Morgan fingerprint density at radius 2 is 1.38 bits per heavy atom. The van der Waals surface area contributed by atoms with Crippen LogP contribution in [0.2, 0.25) is 0 Å². The first-order valence-corrected chi connectivity index (χ1v) is 9.28. The second kappa shape index (κ2) is 7.77. The molecule has 1 aliphatic heterocycles. The molecule has 3 aromatic rings. The summed E-state index contributed by atoms with van der Waals surface area (Å²) in [4.78, 5) is 50.5. The molecule has 160 valence electrons. The third kappa shape index (κ3) is 3.24. The smallest absolute Gasteiger partial charge is 0.268 e. The predicted molar refractivity (Wildman–Crippen MR) is 107 cm³/mol. The van der Waals surface area contributed by atoms with Gasteiger partial charge in [-0.1, -0.05) is 30.3 Å². The summed E-state index contributed by atoms with van der Waals surface area (Å²) >= 11 is 0. The Labute approximate surface area is 179 Å². The Kier molecular flexibility index (Phi) is 5.09. The van der Waals surface area contributed by atoms with Gasteiger partial charge in [0.05, 0.1) is 5.69 Å². The minimum Gasteiger partial charge on any atom is -0.268 e. The molecule has 0 aliphatic carbocycles. The standard InChI is InChI=1S/C23H13F3N2O4/c1-12-11-13(9-10-14(12)15-5-2-3-6-16(15)24)27-21(30)22(31)28(23(27)32)20(29)19-17(25)7-4-8-18(19)26/h2-11H,1H3. The van der Waals surface area contributed by atoms with Gasteiger partial charge in [0.25, 0.3) is 5.91 Å². The van der Waals surface area contributed by atoms with E-state index in [0.29, 0.717) is 21.6 Å². The van der Waals surface area contributed by atoms with Crippen molar-refractivity contribution in [2.45, 2.75) is 6.92 Å². The number of hydrogen-bond acceptors (Lipinski definition) is 4. The largest absolute Gasteiger partial charge is 0.346 e. The Bertz CT molecular complexity index is 1300. The van der Waals surface area contributed by atoms with Crippen LogP contribution in [0, 0.1) is 24.4 Å². The molecule has 0 bridgehead atoms. The van der Waals surface area contributed by atoms with Gasteiger partial charge in [0.1, 0.15) is 23.0 Å². The van der Waals surface area contributed by atoms with E-state index in [2.05, 4.69) is 0 Å². The lowest BCUT2D eigenvalue weighted by atomic mass is 9.99. The van der Waals surface area contributed by atoms with Crippen molar-refractivity contribution in [2.24, 2.45) is 0 Å². The summed E-state index contributed by atoms with van der Waals surface area (Å²) in [7, 11) is 0. The van der Waals surface area contributed by atoms with Crippen LogP contribution in [0.4, 0.5) is 23.7 Å². The summed E-state index contributed by atoms with van der Waals surface area (Å²) in [6.45, 7) is 1.61. The average molecular weight is 438 g/mol. The van der Waals surface area contributed by atoms with Gasteiger partial charge in [-0.2, -0.15) is 4.90 Å². The quantitative estimate of drug-likeness (QED) is 0.349. The highest BCUT2D eigenvalue weighted by Crippen LogP contribution is 2.31. The van der Waals surface area contributed by atoms with E-state index in [0.717, 1.165) is 18.2 Å². The highest BCUT2D eigenvalue weighted by molar-refractivity contribution is 6.56. The normalized spacial score (nSPS) is 13.8. The lowest BCUT2D eigenvalue weighted by Gasteiger charge is -2.17. The summed E-state index contributed by atoms with van der Waals surface area (Å²) in [6.07, 6.45) is 0. The number of halogens is 3. The summed E-state index contributed by atoms with van der Waals surface area (Å²) in [5, 5.41) is 0. The molecule has 0 radical (unpaired) electrons. The maximum Gasteiger partial charge on any atom is 0.346 e. The minimum atomic E-state index is -1.59. The number of anilines is 1. The summed E-state index contributed by atoms with van der Waals surface area (Å²) < 4.78 is 42.1. The minimum absolute atomic E-state index is 0.0600. The van der Waals surface area contributed by atoms with Crippen LogP contribution in [0.3, 0.4) is 0 Å². The van der Waals surface area contributed by atoms with Crippen molar-refractivity contribution in [3.8, 4) is 11.1 Å². The lowest BCUT2D eigenvalue weighted by Crippen LogP contribution is -2.39. The first-order chi connectivity index (χ1) is 15.2. The second-order valence-corrected chi connectivity index (χ2v) is 6.94. The number of carbonyl (C=O) groups is 4. The molecule has 0 aromatic heterocycles. The molecule has 0 unspecified atom stereocenters. The molecule has 0 atom stereocenters. The first-order valence-electron chi connectivity index (χ1n) is 9.28. The lowest BCUT2D eigenvalue weighted by molar-refractivity contribution is -0.138. The predicted octanol–water partition coefficient (Wildman–Crippen LogP) is 4.21. The zero-order valence-electron chi connectivity index (χ0n) is 16.4. The van der Waals surface area contributed by atoms with Crippen LogP contribution in [-0.4, -0.2) is 28.7 Å². The number of carbonyl (C=O) groups excluding carboxylic acids is 4. The van der Waals surface area contributed by atoms with Gasteiger partial charge in [0.2, 0.25) is 0 Å². The van der Waals surface area contributed by atoms with Crippen LogP contribution in [-0.2, 0) is 9.59 Å². The molecule has 32 heavy (non-hydrogen) atoms. The van der Waals surface area contributed by atoms with Crippen molar-refractivity contribution in [1.82, 2.24) is 4.90 Å². The van der Waals surface area contributed by atoms with Crippen molar-refractivity contribution in [1.29, 1.82) is 0 Å². The molecule has 0 N–H and O–H groups in total. The Morgan fingerprint density at radius 3 is 2.00 bits per heavy atom. The zero-order chi connectivity index (χ0) is 23.2. The number of rotatable bonds is 3. The van der Waals surface area contributed by atoms with Crippen LogP contribution in [0.1, 0.15) is 15.9 Å². The van der Waals surface area contributed by atoms with Crippen LogP contribution < -0.4 is 4.90 Å². The second-order valence-electron chi connectivity index (χ2n) is 6.94. The number of amides is 5. The molecule has 6 nitrogen and oxygen atoms in total. The number of aryl methyl sites for hydroxylation is 1. The zero-order valence-corrected chi connectivity index (χ0v) is 16.4. The van der Waals surface area contributed by atoms with E-state index in [1.807, 2.05) is 0 Å². The molecule has 1 aliphatic rings. The maximum absolute atomic E-state index is 14.1. The maximum atomic E-state index is 14.1. The van der Waals surface area contributed by atoms with Crippen molar-refractivity contribution in [3.63, 3.8) is 0 Å². The van der Waals surface area contributed by atoms with E-state index in [-0.39, 0.29) is 10.6 Å². The topological polar surface area (TPSA) is 74.8 Å². The van der Waals surface area contributed by atoms with Crippen molar-refractivity contribution >= 4 is 29.4 Å². The van der Waals surface area contributed by atoms with Gasteiger partial charge in [0.15, 0.2) is 0 Å². The molecule has 1 heterocycles. The third-order valence-corrected chi connectivity index (χ3v) is 4.98. The van der Waals surface area contributed by atoms with Gasteiger partial charge >= 0.3 is 17.8 Å². The van der Waals surface area contributed by atoms with Gasteiger partial charge < -0.3 is 0 Å². The van der Waals surface area contributed by atoms with Crippen LogP contribution in [0.25, 0.3) is 11.1 Å². The summed E-state index contributed by atoms with van der Waals surface area (Å²) in [5.41, 5.74) is 0.0629. The summed E-state index contributed by atoms with van der Waals surface area (Å²) in [6, 6.07) is 11.3. The molecule has 5 amide bonds. The first kappa shape index (κ1) is 21.0. The summed E-state index contributed by atoms with van der Waals surface area (Å²) in [5.74, 6) is -7.54. The van der Waals surface area contributed by atoms with E-state index < -0.39 is 46.8 Å². The van der Waals surface area contributed by atoms with Gasteiger partial charge in [-0.05, 0) is 48.4 Å². The molecular formula is C23H13F3N2O4. The van der Waals surface area contributed by atoms with Crippen molar-refractivity contribution in [2.75, 3.05) is 4.90 Å². The van der Waals surface area contributed by atoms with Crippen LogP contribution in [0.5, 0.6) is 0 Å². The highest BCUT2D eigenvalue weighted by Gasteiger charge is 2.50. The molecule has 1 fully saturated rings. The van der Waals surface area contributed by atoms with E-state index >= 15 is 0 Å². The van der Waals surface area contributed by atoms with E-state index in [4.69, 9.17) is 0 Å². The molecule has 3 aromatic carbocycles. The number of urea groups is 1. The molecule has 9 heteroatoms. The fourth-order valence-electron chi connectivity index (χ4n) is 3.45. The Balaban J connectivity index is 1.71. The molecule has 0 saturated carbocycles. The van der Waals surface area contributed by atoms with Crippen molar-refractivity contribution < 1.29 is 32.3 Å². The number of benzene rings is 3. The fraction of sp³-hybridized carbons (Fsp3) is 0.0435. The SMILES string of the molecule is Cc1cc(N2C(=O)C(=O)N(C(=O)c3c(F)cccc3F)C2=O)ccc1-c1ccccc1F. The van der Waals surface area contributed by atoms with Crippen LogP contribution >= 0.6 is 0 Å². The molecule has 0 spiro atoms. The Morgan fingerprint density at radius 1 is 0.750 bits per heavy atom. The van der Waals surface area contributed by atoms with Gasteiger partial charge in [-0.15, -0.1) is 0 Å². The monoisotopic (exact) mass is 438 g/mol. The highest BCUT2D eigenvalue weighted by atomic mass is 19.1. The van der Waals surface area contributed by atoms with E-state index in [1.165, 1.54) is 30.3 Å². The molecular weight excluding hydrogens is 425 g/mol.